The van der Waals surface area contributed by atoms with E-state index in [1.54, 1.807) is 53.1 Å². The number of non-ortho nitro benzene ring substituents is 1. The van der Waals surface area contributed by atoms with Crippen molar-refractivity contribution in [1.82, 2.24) is 4.90 Å². The zero-order valence-corrected chi connectivity index (χ0v) is 40.8. The van der Waals surface area contributed by atoms with Gasteiger partial charge in [-0.25, -0.2) is 26.4 Å². The Morgan fingerprint density at radius 3 is 1.59 bits per heavy atom. The number of nitro benzene ring substituents is 1. The lowest BCUT2D eigenvalue weighted by Gasteiger charge is -2.42. The number of anilines is 3. The number of benzene rings is 5. The van der Waals surface area contributed by atoms with Crippen molar-refractivity contribution in [3.05, 3.63) is 125 Å². The Labute approximate surface area is 401 Å². The van der Waals surface area contributed by atoms with Crippen LogP contribution in [0.3, 0.4) is 0 Å². The molecule has 358 valence electrons. The van der Waals surface area contributed by atoms with E-state index in [-0.39, 0.29) is 46.3 Å². The predicted molar refractivity (Wildman–Crippen MR) is 262 cm³/mol. The van der Waals surface area contributed by atoms with E-state index in [9.17, 15) is 46.1 Å². The van der Waals surface area contributed by atoms with Crippen molar-refractivity contribution in [1.29, 1.82) is 0 Å². The number of ether oxygens (including phenoxy) is 1. The van der Waals surface area contributed by atoms with Gasteiger partial charge in [-0.15, -0.1) is 0 Å². The van der Waals surface area contributed by atoms with Crippen molar-refractivity contribution >= 4 is 77.3 Å². The number of fused-ring (bicyclic) bond motifs is 2. The molecule has 16 nitrogen and oxygen atoms in total. The van der Waals surface area contributed by atoms with Gasteiger partial charge in [-0.05, 0) is 128 Å². The topological polar surface area (TPSA) is 202 Å². The molecule has 5 aromatic rings. The molecule has 3 heterocycles. The quantitative estimate of drug-likeness (QED) is 0.0891. The van der Waals surface area contributed by atoms with Gasteiger partial charge < -0.3 is 19.4 Å². The van der Waals surface area contributed by atoms with Crippen molar-refractivity contribution in [3.63, 3.8) is 0 Å². The van der Waals surface area contributed by atoms with E-state index in [0.29, 0.717) is 17.1 Å². The van der Waals surface area contributed by atoms with Crippen LogP contribution in [0.2, 0.25) is 0 Å². The number of halogens is 1. The average Bonchev–Trinajstić information content (AvgIpc) is 3.83. The Balaban J connectivity index is 0.000000182. The second kappa shape index (κ2) is 21.1. The third-order valence-electron chi connectivity index (χ3n) is 11.8. The number of sulfone groups is 2. The molecular weight excluding hydrogens is 934 g/mol. The lowest BCUT2D eigenvalue weighted by molar-refractivity contribution is -0.384. The summed E-state index contributed by atoms with van der Waals surface area (Å²) in [4.78, 5) is 65.3. The number of amides is 4. The van der Waals surface area contributed by atoms with Gasteiger partial charge in [0.15, 0.2) is 19.7 Å². The molecule has 0 aromatic heterocycles. The smallest absolute Gasteiger partial charge is 0.409 e. The molecule has 0 saturated carbocycles. The van der Waals surface area contributed by atoms with Crippen molar-refractivity contribution in [2.24, 2.45) is 0 Å². The molecular formula is C49H52ClN5O11S2. The number of rotatable bonds is 6. The fourth-order valence-electron chi connectivity index (χ4n) is 8.47. The molecule has 3 aliphatic rings. The van der Waals surface area contributed by atoms with Crippen LogP contribution in [0.15, 0.2) is 119 Å². The molecule has 19 heteroatoms. The molecule has 3 aliphatic heterocycles. The number of nitro groups is 1. The number of urea groups is 1. The minimum Gasteiger partial charge on any atom is -0.414 e. The van der Waals surface area contributed by atoms with Gasteiger partial charge in [-0.3, -0.25) is 24.6 Å². The molecule has 0 radical (unpaired) electrons. The zero-order chi connectivity index (χ0) is 49.7. The zero-order valence-electron chi connectivity index (χ0n) is 38.4. The van der Waals surface area contributed by atoms with E-state index in [4.69, 9.17) is 11.6 Å². The molecule has 0 spiro atoms. The number of carbonyl (C=O) groups excluding carboxylic acids is 4. The van der Waals surface area contributed by atoms with Gasteiger partial charge in [0.25, 0.3) is 5.69 Å². The molecule has 0 bridgehead atoms. The van der Waals surface area contributed by atoms with Crippen LogP contribution in [0.5, 0.6) is 5.75 Å². The number of hydrogen-bond donors (Lipinski definition) is 0. The third kappa shape index (κ3) is 12.1. The number of likely N-dealkylation sites (tertiary alicyclic amines) is 1. The standard InChI is InChI=1S/C23H27N3O4S.C19H21NO3S.C7H4ClNO4/c1-16-15-25(23(28)24-12-4-5-13-24)22-14-19(8-11-21(22)26(16)17(2)27)18-6-9-20(10-7-18)31(3,29)30;1-13-4-5-17-12-16(8-11-19(17)20(13)14(2)21)15-6-9-18(10-7-15)24(3,22)23;8-7(10)13-6-3-1-5(2-4-6)9(11)12/h6-11,14,16H,4-5,12-13,15H2,1-3H3;6-13H,4-5H2,1-3H3;1-4H/t16-;13-;/m00./s1. The lowest BCUT2D eigenvalue weighted by Crippen LogP contribution is -2.54. The van der Waals surface area contributed by atoms with Crippen molar-refractivity contribution < 1.29 is 45.7 Å². The second-order valence-corrected chi connectivity index (χ2v) is 21.2. The highest BCUT2D eigenvalue weighted by atomic mass is 35.5. The number of nitrogens with zero attached hydrogens (tertiary/aromatic N) is 5. The maximum atomic E-state index is 13.3. The largest absolute Gasteiger partial charge is 0.414 e. The van der Waals surface area contributed by atoms with Gasteiger partial charge in [0, 0.05) is 81.5 Å². The van der Waals surface area contributed by atoms with Crippen LogP contribution < -0.4 is 19.4 Å². The molecule has 1 fully saturated rings. The van der Waals surface area contributed by atoms with Crippen molar-refractivity contribution in [2.75, 3.05) is 46.8 Å². The molecule has 68 heavy (non-hydrogen) atoms. The summed E-state index contributed by atoms with van der Waals surface area (Å²) in [7, 11) is -6.45. The van der Waals surface area contributed by atoms with Crippen LogP contribution in [0.1, 0.15) is 52.5 Å². The molecule has 0 aliphatic carbocycles. The summed E-state index contributed by atoms with van der Waals surface area (Å²) >= 11 is 4.92. The van der Waals surface area contributed by atoms with Crippen LogP contribution in [0.4, 0.5) is 32.3 Å². The molecule has 1 saturated heterocycles. The fourth-order valence-corrected chi connectivity index (χ4v) is 9.82. The summed E-state index contributed by atoms with van der Waals surface area (Å²) in [5, 5.41) is 10.2. The Bertz CT molecular complexity index is 2940. The fraction of sp³-hybridized carbons (Fsp3) is 0.306. The first-order valence-electron chi connectivity index (χ1n) is 21.7. The summed E-state index contributed by atoms with van der Waals surface area (Å²) in [6, 6.07) is 30.5. The van der Waals surface area contributed by atoms with Crippen LogP contribution >= 0.6 is 11.6 Å². The summed E-state index contributed by atoms with van der Waals surface area (Å²) < 4.78 is 51.1. The van der Waals surface area contributed by atoms with E-state index in [1.807, 2.05) is 59.2 Å². The van der Waals surface area contributed by atoms with E-state index in [0.717, 1.165) is 78.0 Å². The molecule has 2 atom stereocenters. The Kier molecular flexibility index (Phi) is 15.8. The first kappa shape index (κ1) is 50.8. The minimum atomic E-state index is -3.27. The van der Waals surface area contributed by atoms with Gasteiger partial charge >= 0.3 is 11.5 Å². The van der Waals surface area contributed by atoms with Crippen LogP contribution in [0.25, 0.3) is 22.3 Å². The van der Waals surface area contributed by atoms with Gasteiger partial charge in [0.2, 0.25) is 11.8 Å². The molecule has 0 unspecified atom stereocenters. The van der Waals surface area contributed by atoms with Gasteiger partial charge in [-0.1, -0.05) is 36.4 Å². The van der Waals surface area contributed by atoms with Gasteiger partial charge in [-0.2, -0.15) is 0 Å². The van der Waals surface area contributed by atoms with E-state index < -0.39 is 30.0 Å². The highest BCUT2D eigenvalue weighted by Gasteiger charge is 2.36. The second-order valence-electron chi connectivity index (χ2n) is 16.8. The summed E-state index contributed by atoms with van der Waals surface area (Å²) in [6.45, 7) is 9.09. The highest BCUT2D eigenvalue weighted by molar-refractivity contribution is 7.91. The summed E-state index contributed by atoms with van der Waals surface area (Å²) in [5.74, 6) is 0.173. The summed E-state index contributed by atoms with van der Waals surface area (Å²) in [5.41, 5.74) is 6.22. The van der Waals surface area contributed by atoms with Crippen molar-refractivity contribution in [2.45, 2.75) is 75.3 Å². The molecule has 8 rings (SSSR count). The highest BCUT2D eigenvalue weighted by Crippen LogP contribution is 2.40. The Morgan fingerprint density at radius 1 is 0.647 bits per heavy atom. The van der Waals surface area contributed by atoms with E-state index >= 15 is 0 Å². The van der Waals surface area contributed by atoms with Crippen LogP contribution in [0, 0.1) is 10.1 Å². The van der Waals surface area contributed by atoms with E-state index in [2.05, 4.69) is 17.7 Å². The number of carbonyl (C=O) groups is 4. The monoisotopic (exact) mass is 985 g/mol. The van der Waals surface area contributed by atoms with Gasteiger partial charge in [0.05, 0.1) is 32.1 Å². The Morgan fingerprint density at radius 2 is 1.12 bits per heavy atom. The molecule has 4 amide bonds. The first-order chi connectivity index (χ1) is 32.0. The number of aryl methyl sites for hydroxylation is 1. The van der Waals surface area contributed by atoms with Crippen LogP contribution in [-0.2, 0) is 35.7 Å². The maximum Gasteiger partial charge on any atom is 0.409 e. The molecule has 5 aromatic carbocycles. The van der Waals surface area contributed by atoms with Gasteiger partial charge in [0.1, 0.15) is 5.75 Å². The lowest BCUT2D eigenvalue weighted by atomic mass is 9.93. The molecule has 0 N–H and O–H groups in total. The minimum absolute atomic E-state index is 0.0293. The average molecular weight is 987 g/mol. The SMILES string of the molecule is CC(=O)N1c2ccc(-c3ccc(S(C)(=O)=O)cc3)cc2CC[C@@H]1C.CC(=O)N1c2ccc(-c3ccc(S(C)(=O)=O)cc3)cc2N(C(=O)N2CCCC2)C[C@@H]1C.O=C(Cl)Oc1ccc([N+](=O)[O-])cc1. The normalized spacial score (nSPS) is 16.5. The third-order valence-corrected chi connectivity index (χ3v) is 14.1. The summed E-state index contributed by atoms with van der Waals surface area (Å²) in [6.07, 6.45) is 6.29. The first-order valence-corrected chi connectivity index (χ1v) is 25.8. The Hall–Kier alpha value is -6.63. The maximum absolute atomic E-state index is 13.3. The van der Waals surface area contributed by atoms with Crippen LogP contribution in [-0.4, -0.2) is 94.2 Å². The van der Waals surface area contributed by atoms with E-state index in [1.165, 1.54) is 43.7 Å². The van der Waals surface area contributed by atoms with Crippen molar-refractivity contribution in [3.8, 4) is 28.0 Å². The number of hydrogen-bond acceptors (Lipinski definition) is 11. The predicted octanol–water partition coefficient (Wildman–Crippen LogP) is 9.31.